The first-order chi connectivity index (χ1) is 7.73. The minimum Gasteiger partial charge on any atom is -0.207 e. The Labute approximate surface area is 110 Å². The smallest absolute Gasteiger partial charge is 0.207 e. The van der Waals surface area contributed by atoms with Crippen LogP contribution < -0.4 is 0 Å². The van der Waals surface area contributed by atoms with E-state index < -0.39 is 21.4 Å². The molecule has 6 heteroatoms. The fourth-order valence-electron chi connectivity index (χ4n) is 1.21. The van der Waals surface area contributed by atoms with Gasteiger partial charge in [-0.15, -0.1) is 0 Å². The van der Waals surface area contributed by atoms with E-state index in [1.165, 1.54) is 29.6 Å². The van der Waals surface area contributed by atoms with Gasteiger partial charge in [-0.2, -0.15) is 4.31 Å². The predicted molar refractivity (Wildman–Crippen MR) is 69.2 cm³/mol. The minimum atomic E-state index is -3.81. The Hall–Kier alpha value is -0.460. The van der Waals surface area contributed by atoms with Crippen LogP contribution in [-0.2, 0) is 10.0 Å². The van der Waals surface area contributed by atoms with Crippen LogP contribution >= 0.6 is 15.9 Å². The fraction of sp³-hybridized carbons (Fsp3) is 0.455. The van der Waals surface area contributed by atoms with Gasteiger partial charge in [0.05, 0.1) is 0 Å². The molecule has 17 heavy (non-hydrogen) atoms. The van der Waals surface area contributed by atoms with Gasteiger partial charge in [-0.05, 0) is 26.0 Å². The summed E-state index contributed by atoms with van der Waals surface area (Å²) in [6.45, 7) is 3.53. The van der Waals surface area contributed by atoms with E-state index in [0.29, 0.717) is 5.33 Å². The number of nitrogens with zero attached hydrogens (tertiary/aromatic N) is 1. The Morgan fingerprint density at radius 2 is 1.88 bits per heavy atom. The van der Waals surface area contributed by atoms with Crippen molar-refractivity contribution in [2.45, 2.75) is 24.3 Å². The molecule has 0 fully saturated rings. The summed E-state index contributed by atoms with van der Waals surface area (Å²) >= 11 is 3.26. The van der Waals surface area contributed by atoms with Gasteiger partial charge in [0.15, 0.2) is 0 Å². The number of halogens is 2. The molecule has 0 aliphatic heterocycles. The Morgan fingerprint density at radius 3 is 2.35 bits per heavy atom. The Balaban J connectivity index is 3.26. The third-order valence-corrected chi connectivity index (χ3v) is 6.13. The lowest BCUT2D eigenvalue weighted by molar-refractivity contribution is 0.298. The zero-order chi connectivity index (χ0) is 13.3. The highest BCUT2D eigenvalue weighted by molar-refractivity contribution is 9.09. The van der Waals surface area contributed by atoms with E-state index in [2.05, 4.69) is 15.9 Å². The SMILES string of the molecule is CN(C(C)(C)CBr)S(=O)(=O)c1ccccc1F. The van der Waals surface area contributed by atoms with E-state index >= 15 is 0 Å². The molecule has 3 nitrogen and oxygen atoms in total. The molecule has 0 unspecified atom stereocenters. The minimum absolute atomic E-state index is 0.295. The highest BCUT2D eigenvalue weighted by atomic mass is 79.9. The molecule has 0 radical (unpaired) electrons. The third kappa shape index (κ3) is 2.86. The van der Waals surface area contributed by atoms with Crippen LogP contribution in [0.1, 0.15) is 13.8 Å². The molecule has 0 heterocycles. The average Bonchev–Trinajstić information content (AvgIpc) is 2.28. The molecule has 0 N–H and O–H groups in total. The first-order valence-electron chi connectivity index (χ1n) is 5.03. The van der Waals surface area contributed by atoms with Gasteiger partial charge in [0.1, 0.15) is 10.7 Å². The summed E-state index contributed by atoms with van der Waals surface area (Å²) in [4.78, 5) is -0.295. The molecule has 0 aliphatic rings. The lowest BCUT2D eigenvalue weighted by atomic mass is 10.1. The van der Waals surface area contributed by atoms with Crippen molar-refractivity contribution in [1.82, 2.24) is 4.31 Å². The van der Waals surface area contributed by atoms with Crippen molar-refractivity contribution in [2.24, 2.45) is 0 Å². The van der Waals surface area contributed by atoms with Crippen molar-refractivity contribution >= 4 is 26.0 Å². The van der Waals surface area contributed by atoms with Gasteiger partial charge in [0.2, 0.25) is 10.0 Å². The molecular weight excluding hydrogens is 309 g/mol. The molecule has 0 saturated heterocycles. The summed E-state index contributed by atoms with van der Waals surface area (Å²) in [6.07, 6.45) is 0. The van der Waals surface area contributed by atoms with Crippen molar-refractivity contribution in [3.8, 4) is 0 Å². The van der Waals surface area contributed by atoms with Crippen molar-refractivity contribution in [2.75, 3.05) is 12.4 Å². The maximum absolute atomic E-state index is 13.5. The van der Waals surface area contributed by atoms with Crippen LogP contribution in [0.25, 0.3) is 0 Å². The van der Waals surface area contributed by atoms with E-state index in [-0.39, 0.29) is 4.90 Å². The summed E-state index contributed by atoms with van der Waals surface area (Å²) < 4.78 is 39.1. The van der Waals surface area contributed by atoms with Crippen LogP contribution in [0.4, 0.5) is 4.39 Å². The summed E-state index contributed by atoms with van der Waals surface area (Å²) in [5.41, 5.74) is -0.624. The second kappa shape index (κ2) is 5.04. The van der Waals surface area contributed by atoms with Crippen LogP contribution in [0, 0.1) is 5.82 Å². The van der Waals surface area contributed by atoms with E-state index in [1.807, 2.05) is 0 Å². The van der Waals surface area contributed by atoms with Gasteiger partial charge in [-0.3, -0.25) is 0 Å². The number of alkyl halides is 1. The second-order valence-electron chi connectivity index (χ2n) is 4.35. The van der Waals surface area contributed by atoms with Gasteiger partial charge in [0, 0.05) is 17.9 Å². The second-order valence-corrected chi connectivity index (χ2v) is 6.85. The zero-order valence-electron chi connectivity index (χ0n) is 9.94. The number of rotatable bonds is 4. The number of benzene rings is 1. The van der Waals surface area contributed by atoms with Crippen LogP contribution in [0.5, 0.6) is 0 Å². The highest BCUT2D eigenvalue weighted by Gasteiger charge is 2.34. The van der Waals surface area contributed by atoms with Gasteiger partial charge < -0.3 is 0 Å². The van der Waals surface area contributed by atoms with Gasteiger partial charge in [0.25, 0.3) is 0 Å². The summed E-state index contributed by atoms with van der Waals surface area (Å²) in [6, 6.07) is 5.38. The van der Waals surface area contributed by atoms with Crippen LogP contribution in [-0.4, -0.2) is 30.6 Å². The van der Waals surface area contributed by atoms with Crippen LogP contribution in [0.2, 0.25) is 0 Å². The van der Waals surface area contributed by atoms with E-state index in [9.17, 15) is 12.8 Å². The Morgan fingerprint density at radius 1 is 1.35 bits per heavy atom. The molecule has 1 aromatic carbocycles. The van der Waals surface area contributed by atoms with E-state index in [4.69, 9.17) is 0 Å². The summed E-state index contributed by atoms with van der Waals surface area (Å²) in [5, 5.41) is 0.462. The van der Waals surface area contributed by atoms with Gasteiger partial charge in [-0.1, -0.05) is 28.1 Å². The topological polar surface area (TPSA) is 37.4 Å². The van der Waals surface area contributed by atoms with Crippen LogP contribution in [0.3, 0.4) is 0 Å². The highest BCUT2D eigenvalue weighted by Crippen LogP contribution is 2.25. The maximum Gasteiger partial charge on any atom is 0.246 e. The lowest BCUT2D eigenvalue weighted by Crippen LogP contribution is -2.46. The number of sulfonamides is 1. The zero-order valence-corrected chi connectivity index (χ0v) is 12.3. The maximum atomic E-state index is 13.5. The normalized spacial score (nSPS) is 13.1. The molecule has 0 atom stereocenters. The van der Waals surface area contributed by atoms with Crippen molar-refractivity contribution < 1.29 is 12.8 Å². The molecule has 96 valence electrons. The molecular formula is C11H15BrFNO2S. The van der Waals surface area contributed by atoms with Crippen molar-refractivity contribution in [1.29, 1.82) is 0 Å². The summed E-state index contributed by atoms with van der Waals surface area (Å²) in [7, 11) is -2.36. The molecule has 0 aromatic heterocycles. The Kier molecular flexibility index (Phi) is 4.33. The molecule has 0 bridgehead atoms. The monoisotopic (exact) mass is 323 g/mol. The van der Waals surface area contributed by atoms with E-state index in [0.717, 1.165) is 6.07 Å². The third-order valence-electron chi connectivity index (χ3n) is 2.65. The summed E-state index contributed by atoms with van der Waals surface area (Å²) in [5.74, 6) is -0.732. The molecule has 0 aliphatic carbocycles. The Bertz CT molecular complexity index is 502. The average molecular weight is 324 g/mol. The number of hydrogen-bond acceptors (Lipinski definition) is 2. The van der Waals surface area contributed by atoms with Crippen LogP contribution in [0.15, 0.2) is 29.2 Å². The largest absolute Gasteiger partial charge is 0.246 e. The fourth-order valence-corrected chi connectivity index (χ4v) is 3.33. The molecule has 1 aromatic rings. The van der Waals surface area contributed by atoms with Crippen molar-refractivity contribution in [3.05, 3.63) is 30.1 Å². The van der Waals surface area contributed by atoms with Gasteiger partial charge >= 0.3 is 0 Å². The van der Waals surface area contributed by atoms with Crippen molar-refractivity contribution in [3.63, 3.8) is 0 Å². The molecule has 0 saturated carbocycles. The first-order valence-corrected chi connectivity index (χ1v) is 7.59. The lowest BCUT2D eigenvalue weighted by Gasteiger charge is -2.32. The molecule has 1 rings (SSSR count). The number of hydrogen-bond donors (Lipinski definition) is 0. The molecule has 0 spiro atoms. The molecule has 0 amide bonds. The standard InChI is InChI=1S/C11H15BrFNO2S/c1-11(2,8-12)14(3)17(15,16)10-7-5-4-6-9(10)13/h4-7H,8H2,1-3H3. The first kappa shape index (κ1) is 14.6. The quantitative estimate of drug-likeness (QED) is 0.799. The predicted octanol–water partition coefficient (Wildman–Crippen LogP) is 2.62. The van der Waals surface area contributed by atoms with E-state index in [1.54, 1.807) is 13.8 Å². The van der Waals surface area contributed by atoms with Gasteiger partial charge in [-0.25, -0.2) is 12.8 Å².